The third kappa shape index (κ3) is 16.2. The first-order valence-corrected chi connectivity index (χ1v) is 11.8. The van der Waals surface area contributed by atoms with E-state index >= 15 is 0 Å². The molecular weight excluding hydrogens is 268 g/mol. The molecule has 1 unspecified atom stereocenters. The number of hydrogen-bond acceptors (Lipinski definition) is 0. The molecule has 0 radical (unpaired) electrons. The Bertz CT molecular complexity index is 200. The lowest BCUT2D eigenvalue weighted by molar-refractivity contribution is 0.533. The van der Waals surface area contributed by atoms with E-state index in [0.29, 0.717) is 0 Å². The molecule has 0 aromatic heterocycles. The molecule has 0 aliphatic carbocycles. The molecule has 0 bridgehead atoms. The maximum atomic E-state index is 3.81. The van der Waals surface area contributed by atoms with Gasteiger partial charge in [-0.25, -0.2) is 0 Å². The summed E-state index contributed by atoms with van der Waals surface area (Å²) in [5.74, 6) is 0. The van der Waals surface area contributed by atoms with Crippen molar-refractivity contribution in [1.82, 2.24) is 0 Å². The number of rotatable bonds is 17. The van der Waals surface area contributed by atoms with E-state index < -0.39 is 0 Å². The molecular formula is C20H42Si. The van der Waals surface area contributed by atoms with Gasteiger partial charge in [-0.1, -0.05) is 109 Å². The zero-order valence-corrected chi connectivity index (χ0v) is 16.6. The molecule has 0 spiro atoms. The highest BCUT2D eigenvalue weighted by molar-refractivity contribution is 6.37. The fraction of sp³-hybridized carbons (Fsp3) is 0.900. The zero-order chi connectivity index (χ0) is 15.6. The molecule has 0 aliphatic heterocycles. The van der Waals surface area contributed by atoms with Crippen molar-refractivity contribution in [2.24, 2.45) is 0 Å². The molecule has 21 heavy (non-hydrogen) atoms. The van der Waals surface area contributed by atoms with Gasteiger partial charge in [0.25, 0.3) is 0 Å². The van der Waals surface area contributed by atoms with Crippen molar-refractivity contribution in [2.45, 2.75) is 115 Å². The van der Waals surface area contributed by atoms with Crippen LogP contribution in [0.5, 0.6) is 0 Å². The van der Waals surface area contributed by atoms with Crippen LogP contribution in [0.3, 0.4) is 0 Å². The van der Waals surface area contributed by atoms with Gasteiger partial charge in [-0.05, 0) is 12.8 Å². The molecule has 0 amide bonds. The number of unbranched alkanes of at least 4 members (excludes halogenated alkanes) is 10. The minimum atomic E-state index is 0.225. The molecule has 0 rings (SSSR count). The largest absolute Gasteiger partial charge is 0.103 e. The van der Waals surface area contributed by atoms with Gasteiger partial charge in [0.1, 0.15) is 0 Å². The second kappa shape index (κ2) is 18.0. The van der Waals surface area contributed by atoms with Crippen molar-refractivity contribution in [3.8, 4) is 0 Å². The quantitative estimate of drug-likeness (QED) is 0.153. The summed E-state index contributed by atoms with van der Waals surface area (Å²) < 4.78 is 0. The highest BCUT2D eigenvalue weighted by Gasteiger charge is 2.07. The van der Waals surface area contributed by atoms with Crippen LogP contribution in [0.25, 0.3) is 0 Å². The topological polar surface area (TPSA) is 0 Å². The van der Waals surface area contributed by atoms with E-state index in [1.807, 2.05) is 0 Å². The summed E-state index contributed by atoms with van der Waals surface area (Å²) in [6.45, 7) is 8.52. The van der Waals surface area contributed by atoms with E-state index in [0.717, 1.165) is 5.54 Å². The Kier molecular flexibility index (Phi) is 18.0. The Morgan fingerprint density at radius 3 is 1.81 bits per heavy atom. The van der Waals surface area contributed by atoms with E-state index in [4.69, 9.17) is 0 Å². The van der Waals surface area contributed by atoms with Crippen LogP contribution >= 0.6 is 0 Å². The molecule has 0 saturated carbocycles. The first kappa shape index (κ1) is 21.0. The fourth-order valence-corrected chi connectivity index (χ4v) is 5.28. The summed E-state index contributed by atoms with van der Waals surface area (Å²) in [5.41, 5.74) is 1.15. The fourth-order valence-electron chi connectivity index (χ4n) is 3.31. The van der Waals surface area contributed by atoms with Crippen LogP contribution in [0.2, 0.25) is 11.6 Å². The maximum Gasteiger partial charge on any atom is 0.0229 e. The SMILES string of the molecule is C=CCCCCCC(CCCCCCCCCC)[SiH2]CC. The molecule has 1 atom stereocenters. The van der Waals surface area contributed by atoms with Gasteiger partial charge in [-0.3, -0.25) is 0 Å². The van der Waals surface area contributed by atoms with Gasteiger partial charge < -0.3 is 0 Å². The van der Waals surface area contributed by atoms with E-state index in [9.17, 15) is 0 Å². The lowest BCUT2D eigenvalue weighted by Gasteiger charge is -2.15. The molecule has 0 nitrogen and oxygen atoms in total. The Morgan fingerprint density at radius 1 is 0.762 bits per heavy atom. The van der Waals surface area contributed by atoms with Gasteiger partial charge in [0.15, 0.2) is 0 Å². The second-order valence-electron chi connectivity index (χ2n) is 6.84. The summed E-state index contributed by atoms with van der Waals surface area (Å²) in [5, 5.41) is 0. The number of allylic oxidation sites excluding steroid dienone is 1. The predicted molar refractivity (Wildman–Crippen MR) is 103 cm³/mol. The van der Waals surface area contributed by atoms with Crippen molar-refractivity contribution < 1.29 is 0 Å². The summed E-state index contributed by atoms with van der Waals surface area (Å²) in [4.78, 5) is 0. The van der Waals surface area contributed by atoms with Gasteiger partial charge >= 0.3 is 0 Å². The lowest BCUT2D eigenvalue weighted by atomic mass is 10.0. The third-order valence-corrected chi connectivity index (χ3v) is 6.89. The predicted octanol–water partition coefficient (Wildman–Crippen LogP) is 7.05. The van der Waals surface area contributed by atoms with Crippen molar-refractivity contribution in [2.75, 3.05) is 0 Å². The first-order chi connectivity index (χ1) is 10.3. The Balaban J connectivity index is 3.44. The van der Waals surface area contributed by atoms with Crippen molar-refractivity contribution in [3.63, 3.8) is 0 Å². The molecule has 0 fully saturated rings. The Hall–Kier alpha value is -0.0431. The van der Waals surface area contributed by atoms with Crippen molar-refractivity contribution >= 4 is 9.52 Å². The highest BCUT2D eigenvalue weighted by Crippen LogP contribution is 2.23. The minimum absolute atomic E-state index is 0.225. The highest BCUT2D eigenvalue weighted by atomic mass is 28.2. The molecule has 0 saturated heterocycles. The third-order valence-electron chi connectivity index (χ3n) is 4.68. The normalized spacial score (nSPS) is 13.0. The van der Waals surface area contributed by atoms with Crippen LogP contribution in [0, 0.1) is 0 Å². The zero-order valence-electron chi connectivity index (χ0n) is 15.2. The standard InChI is InChI=1S/C20H42Si/c1-4-7-9-11-12-13-15-17-19-20(21-6-3)18-16-14-10-8-5-2/h5,20H,2,4,6-19,21H2,1,3H3. The first-order valence-electron chi connectivity index (χ1n) is 9.96. The molecule has 0 N–H and O–H groups in total. The lowest BCUT2D eigenvalue weighted by Crippen LogP contribution is -2.03. The minimum Gasteiger partial charge on any atom is -0.103 e. The molecule has 0 aromatic carbocycles. The van der Waals surface area contributed by atoms with Crippen LogP contribution < -0.4 is 0 Å². The second-order valence-corrected chi connectivity index (χ2v) is 9.58. The van der Waals surface area contributed by atoms with Gasteiger partial charge in [0, 0.05) is 9.52 Å². The Morgan fingerprint density at radius 2 is 1.29 bits per heavy atom. The van der Waals surface area contributed by atoms with E-state index in [1.165, 1.54) is 89.5 Å². The molecule has 0 aliphatic rings. The average molecular weight is 311 g/mol. The van der Waals surface area contributed by atoms with Gasteiger partial charge in [0.2, 0.25) is 0 Å². The van der Waals surface area contributed by atoms with Gasteiger partial charge in [-0.15, -0.1) is 6.58 Å². The monoisotopic (exact) mass is 310 g/mol. The van der Waals surface area contributed by atoms with E-state index in [2.05, 4.69) is 26.5 Å². The van der Waals surface area contributed by atoms with Crippen LogP contribution in [0.1, 0.15) is 104 Å². The van der Waals surface area contributed by atoms with Gasteiger partial charge in [-0.2, -0.15) is 0 Å². The summed E-state index contributed by atoms with van der Waals surface area (Å²) in [6, 6.07) is 1.51. The molecule has 0 aromatic rings. The Labute approximate surface area is 138 Å². The van der Waals surface area contributed by atoms with Crippen LogP contribution in [-0.2, 0) is 0 Å². The summed E-state index contributed by atoms with van der Waals surface area (Å²) >= 11 is 0. The number of hydrogen-bond donors (Lipinski definition) is 0. The summed E-state index contributed by atoms with van der Waals surface area (Å²) in [6.07, 6.45) is 22.4. The van der Waals surface area contributed by atoms with E-state index in [1.54, 1.807) is 6.42 Å². The molecule has 0 heterocycles. The van der Waals surface area contributed by atoms with Gasteiger partial charge in [0.05, 0.1) is 0 Å². The average Bonchev–Trinajstić information content (AvgIpc) is 2.49. The smallest absolute Gasteiger partial charge is 0.0229 e. The summed E-state index contributed by atoms with van der Waals surface area (Å²) in [7, 11) is 0.225. The van der Waals surface area contributed by atoms with E-state index in [-0.39, 0.29) is 9.52 Å². The van der Waals surface area contributed by atoms with Crippen LogP contribution in [-0.4, -0.2) is 9.52 Å². The van der Waals surface area contributed by atoms with Crippen molar-refractivity contribution in [1.29, 1.82) is 0 Å². The van der Waals surface area contributed by atoms with Crippen LogP contribution in [0.15, 0.2) is 12.7 Å². The van der Waals surface area contributed by atoms with Crippen molar-refractivity contribution in [3.05, 3.63) is 12.7 Å². The maximum absolute atomic E-state index is 3.81. The molecule has 126 valence electrons. The van der Waals surface area contributed by atoms with Crippen LogP contribution in [0.4, 0.5) is 0 Å². The molecule has 1 heteroatoms.